The molecule has 0 N–H and O–H groups in total. The minimum absolute atomic E-state index is 0.238. The van der Waals surface area contributed by atoms with Crippen LogP contribution in [-0.4, -0.2) is 15.7 Å². The Morgan fingerprint density at radius 2 is 1.35 bits per heavy atom. The van der Waals surface area contributed by atoms with Crippen LogP contribution in [0.2, 0.25) is 0 Å². The van der Waals surface area contributed by atoms with Crippen LogP contribution in [-0.2, 0) is 10.6 Å². The van der Waals surface area contributed by atoms with E-state index < -0.39 is 10.6 Å². The molecule has 2 rings (SSSR count). The lowest BCUT2D eigenvalue weighted by Crippen LogP contribution is -2.50. The fourth-order valence-electron chi connectivity index (χ4n) is 3.92. The molecule has 1 aliphatic carbocycles. The van der Waals surface area contributed by atoms with Crippen LogP contribution in [0.1, 0.15) is 45.7 Å². The minimum atomic E-state index is -0.565. The van der Waals surface area contributed by atoms with Gasteiger partial charge in [0, 0.05) is 0 Å². The molecule has 23 heavy (non-hydrogen) atoms. The van der Waals surface area contributed by atoms with Gasteiger partial charge in [-0.05, 0) is 51.7 Å². The van der Waals surface area contributed by atoms with E-state index in [0.717, 1.165) is 22.3 Å². The normalized spacial score (nSPS) is 30.9. The number of benzene rings is 1. The lowest BCUT2D eigenvalue weighted by atomic mass is 9.39. The number of allylic oxidation sites excluding steroid dienone is 5. The summed E-state index contributed by atoms with van der Waals surface area (Å²) in [5.74, 6) is 0.487. The zero-order valence-corrected chi connectivity index (χ0v) is 15.1. The van der Waals surface area contributed by atoms with Crippen LogP contribution in [0.5, 0.6) is 0 Å². The third-order valence-electron chi connectivity index (χ3n) is 5.39. The summed E-state index contributed by atoms with van der Waals surface area (Å²) in [5.41, 5.74) is 4.47. The summed E-state index contributed by atoms with van der Waals surface area (Å²) in [7, 11) is 14.0. The summed E-state index contributed by atoms with van der Waals surface area (Å²) in [5, 5.41) is -1.11. The highest BCUT2D eigenvalue weighted by Gasteiger charge is 2.49. The molecule has 116 valence electrons. The van der Waals surface area contributed by atoms with E-state index in [0.29, 0.717) is 0 Å². The molecule has 1 aromatic carbocycles. The van der Waals surface area contributed by atoms with Crippen LogP contribution in [0.4, 0.5) is 0 Å². The molecular formula is C21H26B2. The summed E-state index contributed by atoms with van der Waals surface area (Å²) < 4.78 is 0. The monoisotopic (exact) mass is 300 g/mol. The van der Waals surface area contributed by atoms with Crippen LogP contribution in [0.15, 0.2) is 60.2 Å². The second-order valence-corrected chi connectivity index (χ2v) is 7.11. The van der Waals surface area contributed by atoms with E-state index in [9.17, 15) is 0 Å². The highest BCUT2D eigenvalue weighted by molar-refractivity contribution is 6.24. The van der Waals surface area contributed by atoms with E-state index in [-0.39, 0.29) is 11.8 Å². The van der Waals surface area contributed by atoms with Crippen molar-refractivity contribution in [2.75, 3.05) is 0 Å². The van der Waals surface area contributed by atoms with E-state index in [2.05, 4.69) is 64.6 Å². The van der Waals surface area contributed by atoms with Crippen LogP contribution < -0.4 is 0 Å². The maximum atomic E-state index is 7.02. The SMILES string of the molecule is [B]C1(C(C)C)C(=C/C)/C(=C\C=C)C([B])(C(C)C)c2ccccc21. The maximum Gasteiger partial charge on any atom is 0.0878 e. The van der Waals surface area contributed by atoms with Crippen molar-refractivity contribution in [3.05, 3.63) is 71.3 Å². The first-order valence-corrected chi connectivity index (χ1v) is 8.44. The van der Waals surface area contributed by atoms with Crippen molar-refractivity contribution in [2.24, 2.45) is 11.8 Å². The Morgan fingerprint density at radius 1 is 0.913 bits per heavy atom. The molecule has 0 saturated carbocycles. The van der Waals surface area contributed by atoms with Crippen LogP contribution >= 0.6 is 0 Å². The Kier molecular flexibility index (Phi) is 4.85. The molecule has 0 fully saturated rings. The Labute approximate surface area is 144 Å². The Bertz CT molecular complexity index is 666. The number of hydrogen-bond donors (Lipinski definition) is 0. The van der Waals surface area contributed by atoms with Gasteiger partial charge in [0.05, 0.1) is 15.7 Å². The van der Waals surface area contributed by atoms with Crippen molar-refractivity contribution >= 4 is 15.7 Å². The van der Waals surface area contributed by atoms with Gasteiger partial charge in [0.25, 0.3) is 0 Å². The standard InChI is InChI=1S/C21H26B2/c1-7-11-17-16(8-2)20(22,14(3)4)18-12-9-10-13-19(18)21(17,23)15(5)6/h7-15H,1H2,2-6H3/b16-8+,17-11+. The molecule has 0 amide bonds. The highest BCUT2D eigenvalue weighted by Crippen LogP contribution is 2.55. The molecule has 0 nitrogen and oxygen atoms in total. The molecule has 2 heteroatoms. The van der Waals surface area contributed by atoms with E-state index in [4.69, 9.17) is 15.7 Å². The van der Waals surface area contributed by atoms with Gasteiger partial charge in [-0.3, -0.25) is 0 Å². The van der Waals surface area contributed by atoms with Gasteiger partial charge in [-0.25, -0.2) is 0 Å². The summed E-state index contributed by atoms with van der Waals surface area (Å²) in [6.07, 6.45) is 5.97. The van der Waals surface area contributed by atoms with Gasteiger partial charge in [-0.15, -0.1) is 0 Å². The predicted octanol–water partition coefficient (Wildman–Crippen LogP) is 4.80. The molecule has 2 unspecified atom stereocenters. The fraction of sp³-hybridized carbons (Fsp3) is 0.429. The Morgan fingerprint density at radius 3 is 1.70 bits per heavy atom. The minimum Gasteiger partial charge on any atom is -0.0991 e. The summed E-state index contributed by atoms with van der Waals surface area (Å²) >= 11 is 0. The molecule has 0 saturated heterocycles. The van der Waals surface area contributed by atoms with Crippen molar-refractivity contribution < 1.29 is 0 Å². The zero-order valence-electron chi connectivity index (χ0n) is 15.1. The average Bonchev–Trinajstić information content (AvgIpc) is 2.52. The molecule has 0 aromatic heterocycles. The summed E-state index contributed by atoms with van der Waals surface area (Å²) in [6.45, 7) is 14.6. The van der Waals surface area contributed by atoms with Crippen LogP contribution in [0.25, 0.3) is 0 Å². The Hall–Kier alpha value is -1.43. The molecule has 0 heterocycles. The van der Waals surface area contributed by atoms with E-state index in [1.165, 1.54) is 0 Å². The molecule has 1 aliphatic rings. The molecule has 0 spiro atoms. The highest BCUT2D eigenvalue weighted by atomic mass is 14.5. The van der Waals surface area contributed by atoms with Crippen molar-refractivity contribution in [1.82, 2.24) is 0 Å². The van der Waals surface area contributed by atoms with Crippen molar-refractivity contribution in [3.8, 4) is 0 Å². The fourth-order valence-corrected chi connectivity index (χ4v) is 3.92. The van der Waals surface area contributed by atoms with E-state index in [1.54, 1.807) is 0 Å². The van der Waals surface area contributed by atoms with Crippen LogP contribution in [0.3, 0.4) is 0 Å². The number of hydrogen-bond acceptors (Lipinski definition) is 0. The molecule has 1 aromatic rings. The quantitative estimate of drug-likeness (QED) is 0.703. The molecule has 2 atom stereocenters. The van der Waals surface area contributed by atoms with Gasteiger partial charge >= 0.3 is 0 Å². The first-order chi connectivity index (χ1) is 10.8. The van der Waals surface area contributed by atoms with Crippen molar-refractivity contribution in [2.45, 2.75) is 45.2 Å². The van der Waals surface area contributed by atoms with Crippen molar-refractivity contribution in [3.63, 3.8) is 0 Å². The lowest BCUT2D eigenvalue weighted by Gasteiger charge is -2.53. The van der Waals surface area contributed by atoms with Gasteiger partial charge < -0.3 is 0 Å². The Balaban J connectivity index is 2.98. The summed E-state index contributed by atoms with van der Waals surface area (Å²) in [6, 6.07) is 8.37. The summed E-state index contributed by atoms with van der Waals surface area (Å²) in [4.78, 5) is 0. The van der Waals surface area contributed by atoms with E-state index in [1.807, 2.05) is 19.1 Å². The zero-order chi connectivity index (χ0) is 17.4. The van der Waals surface area contributed by atoms with Gasteiger partial charge in [-0.1, -0.05) is 76.8 Å². The lowest BCUT2D eigenvalue weighted by molar-refractivity contribution is 0.421. The van der Waals surface area contributed by atoms with Gasteiger partial charge in [-0.2, -0.15) is 0 Å². The first-order valence-electron chi connectivity index (χ1n) is 8.44. The van der Waals surface area contributed by atoms with Gasteiger partial charge in [0.1, 0.15) is 0 Å². The smallest absolute Gasteiger partial charge is 0.0878 e. The average molecular weight is 300 g/mol. The second kappa shape index (κ2) is 6.23. The van der Waals surface area contributed by atoms with Gasteiger partial charge in [0.2, 0.25) is 0 Å². The number of rotatable bonds is 3. The molecular weight excluding hydrogens is 274 g/mol. The van der Waals surface area contributed by atoms with E-state index >= 15 is 0 Å². The predicted molar refractivity (Wildman–Crippen MR) is 103 cm³/mol. The topological polar surface area (TPSA) is 0 Å². The first kappa shape index (κ1) is 17.9. The van der Waals surface area contributed by atoms with Crippen molar-refractivity contribution in [1.29, 1.82) is 0 Å². The largest absolute Gasteiger partial charge is 0.0991 e. The van der Waals surface area contributed by atoms with Crippen LogP contribution in [0, 0.1) is 11.8 Å². The third kappa shape index (κ3) is 2.38. The molecule has 0 bridgehead atoms. The molecule has 0 aliphatic heterocycles. The maximum absolute atomic E-state index is 7.02. The molecule has 4 radical (unpaired) electrons. The van der Waals surface area contributed by atoms with Gasteiger partial charge in [0.15, 0.2) is 0 Å². The number of fused-ring (bicyclic) bond motifs is 1. The second-order valence-electron chi connectivity index (χ2n) is 7.11. The third-order valence-corrected chi connectivity index (χ3v) is 5.39.